The fraction of sp³-hybridized carbons (Fsp3) is 0.371. The molecule has 0 bridgehead atoms. The molecule has 3 aromatic carbocycles. The van der Waals surface area contributed by atoms with Crippen LogP contribution in [0.1, 0.15) is 41.6 Å². The number of nitrogens with one attached hydrogen (secondary N) is 1. The van der Waals surface area contributed by atoms with Crippen molar-refractivity contribution in [1.29, 1.82) is 0 Å². The van der Waals surface area contributed by atoms with Crippen LogP contribution in [0.2, 0.25) is 0 Å². The van der Waals surface area contributed by atoms with Crippen LogP contribution in [-0.2, 0) is 16.1 Å². The molecule has 0 aliphatic carbocycles. The van der Waals surface area contributed by atoms with Crippen molar-refractivity contribution in [2.24, 2.45) is 11.7 Å². The Balaban J connectivity index is 1.11. The first-order valence-corrected chi connectivity index (χ1v) is 15.5. The Morgan fingerprint density at radius 2 is 1.55 bits per heavy atom. The molecule has 5 rings (SSSR count). The largest absolute Gasteiger partial charge is 0.447 e. The van der Waals surface area contributed by atoms with Crippen molar-refractivity contribution in [3.63, 3.8) is 0 Å². The maximum absolute atomic E-state index is 13.5. The van der Waals surface area contributed by atoms with E-state index >= 15 is 0 Å². The highest BCUT2D eigenvalue weighted by molar-refractivity contribution is 5.97. The van der Waals surface area contributed by atoms with Crippen molar-refractivity contribution in [2.45, 2.75) is 32.2 Å². The normalized spacial score (nSPS) is 16.4. The third-order valence-corrected chi connectivity index (χ3v) is 8.32. The maximum atomic E-state index is 13.5. The summed E-state index contributed by atoms with van der Waals surface area (Å²) in [6.45, 7) is 4.59. The Labute approximate surface area is 259 Å². The number of para-hydroxylation sites is 1. The quantitative estimate of drug-likeness (QED) is 0.231. The van der Waals surface area contributed by atoms with Crippen LogP contribution in [0.5, 0.6) is 0 Å². The monoisotopic (exact) mass is 596 g/mol. The summed E-state index contributed by atoms with van der Waals surface area (Å²) >= 11 is 0. The molecule has 2 fully saturated rings. The molecule has 2 saturated heterocycles. The summed E-state index contributed by atoms with van der Waals surface area (Å²) in [5, 5.41) is 6.84. The predicted molar refractivity (Wildman–Crippen MR) is 172 cm³/mol. The minimum atomic E-state index is -0.433. The van der Waals surface area contributed by atoms with Gasteiger partial charge in [-0.05, 0) is 62.4 Å². The second-order valence-electron chi connectivity index (χ2n) is 11.4. The Hall–Kier alpha value is -4.05. The lowest BCUT2D eigenvalue weighted by atomic mass is 9.96. The number of likely N-dealkylation sites (tertiary alicyclic amines) is 1. The van der Waals surface area contributed by atoms with E-state index in [1.807, 2.05) is 83.9 Å². The first-order valence-electron chi connectivity index (χ1n) is 15.5. The molecule has 0 aromatic heterocycles. The molecule has 231 valence electrons. The van der Waals surface area contributed by atoms with E-state index in [2.05, 4.69) is 16.6 Å². The molecule has 0 unspecified atom stereocenters. The number of nitrogens with two attached hydrogens (primary N) is 1. The number of carbonyl (C=O) groups is 3. The number of hydrogen-bond donors (Lipinski definition) is 2. The fourth-order valence-corrected chi connectivity index (χ4v) is 5.83. The van der Waals surface area contributed by atoms with Crippen LogP contribution in [0.3, 0.4) is 0 Å². The van der Waals surface area contributed by atoms with Gasteiger partial charge in [-0.2, -0.15) is 0 Å². The van der Waals surface area contributed by atoms with Gasteiger partial charge in [0.15, 0.2) is 5.78 Å². The summed E-state index contributed by atoms with van der Waals surface area (Å²) in [5.41, 5.74) is 9.98. The molecule has 2 amide bonds. The van der Waals surface area contributed by atoms with Gasteiger partial charge in [0.05, 0.1) is 12.2 Å². The highest BCUT2D eigenvalue weighted by Crippen LogP contribution is 2.33. The van der Waals surface area contributed by atoms with Crippen molar-refractivity contribution in [1.82, 2.24) is 15.2 Å². The van der Waals surface area contributed by atoms with Gasteiger partial charge in [0.1, 0.15) is 6.61 Å². The molecule has 0 saturated carbocycles. The lowest BCUT2D eigenvalue weighted by Gasteiger charge is -2.37. The standard InChI is InChI=1S/C35H42N5O4/c36-34(42)30-17-22-38(23-18-30)26-27-13-15-29(16-14-27)33(41)25-37-19-24-44-35(43)40(39-20-7-2-8-21-39)32-12-6-5-11-31(32)28-9-3-1-4-10-28/h1-6,9-16,30,37H,7-8,17-26H2,(H2,36,42). The molecule has 44 heavy (non-hydrogen) atoms. The minimum absolute atomic E-state index is 0.0202. The van der Waals surface area contributed by atoms with Crippen molar-refractivity contribution >= 4 is 23.5 Å². The van der Waals surface area contributed by atoms with Gasteiger partial charge in [0.25, 0.3) is 0 Å². The Morgan fingerprint density at radius 1 is 0.864 bits per heavy atom. The molecule has 9 heteroatoms. The number of carbonyl (C=O) groups excluding carboxylic acids is 3. The maximum Gasteiger partial charge on any atom is 0.429 e. The van der Waals surface area contributed by atoms with Gasteiger partial charge < -0.3 is 15.8 Å². The average molecular weight is 597 g/mol. The lowest BCUT2D eigenvalue weighted by molar-refractivity contribution is -0.123. The van der Waals surface area contributed by atoms with E-state index in [0.717, 1.165) is 80.8 Å². The summed E-state index contributed by atoms with van der Waals surface area (Å²) in [6, 6.07) is 25.6. The molecule has 2 aliphatic rings. The first kappa shape index (κ1) is 31.4. The van der Waals surface area contributed by atoms with Crippen LogP contribution in [0.25, 0.3) is 11.1 Å². The zero-order chi connectivity index (χ0) is 30.7. The molecule has 0 atom stereocenters. The number of Topliss-reactive ketones (excluding diaryl/α,β-unsaturated/α-hetero) is 1. The SMILES string of the molecule is NC(=O)C1CCN(Cc2ccc(C(=O)CNCCOC(=O)N(c3ccccc3-c3ccccc3)N3CC[CH]CC3)cc2)CC1. The topological polar surface area (TPSA) is 108 Å². The number of primary amides is 1. The first-order chi connectivity index (χ1) is 21.5. The van der Waals surface area contributed by atoms with Crippen molar-refractivity contribution in [3.8, 4) is 11.1 Å². The van der Waals surface area contributed by atoms with Crippen molar-refractivity contribution < 1.29 is 19.1 Å². The van der Waals surface area contributed by atoms with Crippen molar-refractivity contribution in [2.75, 3.05) is 50.9 Å². The third-order valence-electron chi connectivity index (χ3n) is 8.32. The Kier molecular flexibility index (Phi) is 11.1. The second kappa shape index (κ2) is 15.6. The molecule has 2 heterocycles. The Morgan fingerprint density at radius 3 is 2.25 bits per heavy atom. The second-order valence-corrected chi connectivity index (χ2v) is 11.4. The summed E-state index contributed by atoms with van der Waals surface area (Å²) in [6.07, 6.45) is 5.20. The van der Waals surface area contributed by atoms with E-state index in [-0.39, 0.29) is 30.8 Å². The van der Waals surface area contributed by atoms with E-state index in [1.165, 1.54) is 0 Å². The van der Waals surface area contributed by atoms with E-state index < -0.39 is 6.09 Å². The summed E-state index contributed by atoms with van der Waals surface area (Å²) in [5.74, 6) is -0.249. The molecule has 3 N–H and O–H groups in total. The van der Waals surface area contributed by atoms with E-state index in [4.69, 9.17) is 10.5 Å². The third kappa shape index (κ3) is 8.31. The Bertz CT molecular complexity index is 1380. The van der Waals surface area contributed by atoms with Crippen LogP contribution in [0, 0.1) is 12.3 Å². The van der Waals surface area contributed by atoms with E-state index in [1.54, 1.807) is 5.01 Å². The number of ether oxygens (including phenoxy) is 1. The number of hydrazine groups is 1. The van der Waals surface area contributed by atoms with E-state index in [0.29, 0.717) is 12.1 Å². The predicted octanol–water partition coefficient (Wildman–Crippen LogP) is 4.68. The van der Waals surface area contributed by atoms with Gasteiger partial charge in [0, 0.05) is 43.2 Å². The number of hydrogen-bond acceptors (Lipinski definition) is 7. The molecule has 2 aliphatic heterocycles. The number of rotatable bonds is 12. The van der Waals surface area contributed by atoms with Crippen molar-refractivity contribution in [3.05, 3.63) is 96.4 Å². The number of ketones is 1. The highest BCUT2D eigenvalue weighted by Gasteiger charge is 2.28. The number of piperidine rings is 2. The number of anilines is 1. The minimum Gasteiger partial charge on any atom is -0.447 e. The molecule has 1 radical (unpaired) electrons. The number of benzene rings is 3. The summed E-state index contributed by atoms with van der Waals surface area (Å²) < 4.78 is 5.73. The van der Waals surface area contributed by atoms with Gasteiger partial charge in [-0.3, -0.25) is 14.5 Å². The van der Waals surface area contributed by atoms with Gasteiger partial charge in [-0.1, -0.05) is 72.8 Å². The van der Waals surface area contributed by atoms with Crippen LogP contribution in [0.15, 0.2) is 78.9 Å². The zero-order valence-electron chi connectivity index (χ0n) is 25.2. The lowest BCUT2D eigenvalue weighted by Crippen LogP contribution is -2.50. The van der Waals surface area contributed by atoms with Gasteiger partial charge in [0.2, 0.25) is 5.91 Å². The molecular formula is C35H42N5O4. The van der Waals surface area contributed by atoms with Gasteiger partial charge in [-0.15, -0.1) is 0 Å². The average Bonchev–Trinajstić information content (AvgIpc) is 3.06. The summed E-state index contributed by atoms with van der Waals surface area (Å²) in [4.78, 5) is 40.0. The fourth-order valence-electron chi connectivity index (χ4n) is 5.83. The number of nitrogens with zero attached hydrogens (tertiary/aromatic N) is 3. The van der Waals surface area contributed by atoms with Crippen LogP contribution < -0.4 is 16.1 Å². The molecule has 3 aromatic rings. The van der Waals surface area contributed by atoms with Crippen LogP contribution >= 0.6 is 0 Å². The molecule has 9 nitrogen and oxygen atoms in total. The highest BCUT2D eigenvalue weighted by atomic mass is 16.6. The summed E-state index contributed by atoms with van der Waals surface area (Å²) in [7, 11) is 0. The van der Waals surface area contributed by atoms with Crippen LogP contribution in [0.4, 0.5) is 10.5 Å². The molecule has 0 spiro atoms. The van der Waals surface area contributed by atoms with Gasteiger partial charge >= 0.3 is 6.09 Å². The zero-order valence-corrected chi connectivity index (χ0v) is 25.2. The number of amides is 2. The smallest absolute Gasteiger partial charge is 0.429 e. The molecular weight excluding hydrogens is 554 g/mol. The van der Waals surface area contributed by atoms with Gasteiger partial charge in [-0.25, -0.2) is 14.8 Å². The van der Waals surface area contributed by atoms with E-state index in [9.17, 15) is 14.4 Å². The van der Waals surface area contributed by atoms with Crippen LogP contribution in [-0.4, -0.2) is 73.6 Å².